The first-order valence-corrected chi connectivity index (χ1v) is 10.3. The van der Waals surface area contributed by atoms with Gasteiger partial charge in [0.1, 0.15) is 0 Å². The zero-order valence-corrected chi connectivity index (χ0v) is 16.1. The molecule has 6 heteroatoms. The van der Waals surface area contributed by atoms with Gasteiger partial charge in [-0.2, -0.15) is 0 Å². The lowest BCUT2D eigenvalue weighted by atomic mass is 10.0. The largest absolute Gasteiger partial charge is 0.312 e. The van der Waals surface area contributed by atoms with Gasteiger partial charge >= 0.3 is 0 Å². The van der Waals surface area contributed by atoms with Crippen LogP contribution in [0.25, 0.3) is 0 Å². The van der Waals surface area contributed by atoms with Crippen molar-refractivity contribution in [3.63, 3.8) is 0 Å². The molecule has 2 aromatic rings. The molecule has 1 N–H and O–H groups in total. The Morgan fingerprint density at radius 2 is 1.81 bits per heavy atom. The molecule has 0 atom stereocenters. The van der Waals surface area contributed by atoms with Crippen LogP contribution in [-0.2, 0) is 21.2 Å². The lowest BCUT2D eigenvalue weighted by molar-refractivity contribution is -0.116. The molecule has 138 valence electrons. The highest BCUT2D eigenvalue weighted by atomic mass is 32.2. The number of fused-ring (bicyclic) bond motifs is 1. The topological polar surface area (TPSA) is 66.5 Å². The van der Waals surface area contributed by atoms with Crippen LogP contribution in [0.2, 0.25) is 0 Å². The molecule has 0 radical (unpaired) electrons. The van der Waals surface area contributed by atoms with Gasteiger partial charge in [-0.1, -0.05) is 26.0 Å². The molecule has 1 heterocycles. The molecule has 5 nitrogen and oxygen atoms in total. The summed E-state index contributed by atoms with van der Waals surface area (Å²) in [6, 6.07) is 12.4. The molecule has 2 aromatic carbocycles. The van der Waals surface area contributed by atoms with E-state index in [4.69, 9.17) is 0 Å². The molecule has 1 amide bonds. The van der Waals surface area contributed by atoms with E-state index < -0.39 is 10.0 Å². The number of benzene rings is 2. The smallest absolute Gasteiger partial charge is 0.261 e. The summed E-state index contributed by atoms with van der Waals surface area (Å²) in [7, 11) is -3.67. The van der Waals surface area contributed by atoms with E-state index in [-0.39, 0.29) is 10.8 Å². The Bertz CT molecular complexity index is 919. The van der Waals surface area contributed by atoms with Crippen molar-refractivity contribution in [1.82, 2.24) is 0 Å². The van der Waals surface area contributed by atoms with E-state index in [0.29, 0.717) is 18.2 Å². The third-order valence-electron chi connectivity index (χ3n) is 4.69. The lowest BCUT2D eigenvalue weighted by Crippen LogP contribution is -2.33. The van der Waals surface area contributed by atoms with E-state index >= 15 is 0 Å². The third-order valence-corrected chi connectivity index (χ3v) is 6.07. The van der Waals surface area contributed by atoms with E-state index in [2.05, 4.69) is 18.6 Å². The molecule has 1 aliphatic heterocycles. The standard InChI is InChI=1S/C20H24N2O3S/c1-14(2)16-6-8-18(9-7-16)21-26(24,25)19-10-11-20-17(13-19)5-4-12-22(20)15(3)23/h6-11,13-14,21H,4-5,12H2,1-3H3. The first kappa shape index (κ1) is 18.5. The first-order chi connectivity index (χ1) is 12.3. The number of carbonyl (C=O) groups is 1. The summed E-state index contributed by atoms with van der Waals surface area (Å²) in [4.78, 5) is 13.7. The molecule has 0 saturated heterocycles. The predicted octanol–water partition coefficient (Wildman–Crippen LogP) is 3.91. The highest BCUT2D eigenvalue weighted by Crippen LogP contribution is 2.30. The number of aryl methyl sites for hydroxylation is 1. The van der Waals surface area contributed by atoms with E-state index in [1.807, 2.05) is 12.1 Å². The van der Waals surface area contributed by atoms with Gasteiger partial charge < -0.3 is 4.90 Å². The normalized spacial score (nSPS) is 14.2. The summed E-state index contributed by atoms with van der Waals surface area (Å²) < 4.78 is 28.1. The summed E-state index contributed by atoms with van der Waals surface area (Å²) in [6.07, 6.45) is 1.60. The minimum atomic E-state index is -3.67. The first-order valence-electron chi connectivity index (χ1n) is 8.82. The molecule has 26 heavy (non-hydrogen) atoms. The molecule has 1 aliphatic rings. The predicted molar refractivity (Wildman–Crippen MR) is 104 cm³/mol. The Kier molecular flexibility index (Phi) is 5.05. The van der Waals surface area contributed by atoms with Gasteiger partial charge in [-0.3, -0.25) is 9.52 Å². The van der Waals surface area contributed by atoms with Crippen LogP contribution in [0.3, 0.4) is 0 Å². The second-order valence-corrected chi connectivity index (χ2v) is 8.63. The number of nitrogens with zero attached hydrogens (tertiary/aromatic N) is 1. The monoisotopic (exact) mass is 372 g/mol. The summed E-state index contributed by atoms with van der Waals surface area (Å²) in [5, 5.41) is 0. The number of amides is 1. The van der Waals surface area contributed by atoms with Crippen LogP contribution in [0.5, 0.6) is 0 Å². The molecule has 0 fully saturated rings. The van der Waals surface area contributed by atoms with Gasteiger partial charge in [0, 0.05) is 24.8 Å². The summed E-state index contributed by atoms with van der Waals surface area (Å²) in [5.74, 6) is 0.371. The Morgan fingerprint density at radius 3 is 2.42 bits per heavy atom. The average Bonchev–Trinajstić information content (AvgIpc) is 2.60. The lowest BCUT2D eigenvalue weighted by Gasteiger charge is -2.28. The van der Waals surface area contributed by atoms with Gasteiger partial charge in [0.15, 0.2) is 0 Å². The van der Waals surface area contributed by atoms with Crippen molar-refractivity contribution in [2.45, 2.75) is 44.4 Å². The average molecular weight is 372 g/mol. The van der Waals surface area contributed by atoms with Gasteiger partial charge in [0.05, 0.1) is 4.90 Å². The number of hydrogen-bond acceptors (Lipinski definition) is 3. The van der Waals surface area contributed by atoms with E-state index in [0.717, 1.165) is 29.7 Å². The molecule has 3 rings (SSSR count). The summed E-state index contributed by atoms with van der Waals surface area (Å²) in [6.45, 7) is 6.39. The SMILES string of the molecule is CC(=O)N1CCCc2cc(S(=O)(=O)Nc3ccc(C(C)C)cc3)ccc21. The molecule has 0 bridgehead atoms. The fourth-order valence-corrected chi connectivity index (χ4v) is 4.33. The quantitative estimate of drug-likeness (QED) is 0.885. The number of sulfonamides is 1. The van der Waals surface area contributed by atoms with Crippen molar-refractivity contribution in [3.05, 3.63) is 53.6 Å². The highest BCUT2D eigenvalue weighted by molar-refractivity contribution is 7.92. The zero-order chi connectivity index (χ0) is 18.9. The maximum atomic E-state index is 12.7. The maximum Gasteiger partial charge on any atom is 0.261 e. The molecular formula is C20H24N2O3S. The Labute approximate surface area is 155 Å². The van der Waals surface area contributed by atoms with Crippen molar-refractivity contribution in [1.29, 1.82) is 0 Å². The van der Waals surface area contributed by atoms with E-state index in [1.54, 1.807) is 35.2 Å². The maximum absolute atomic E-state index is 12.7. The number of hydrogen-bond donors (Lipinski definition) is 1. The molecule has 0 unspecified atom stereocenters. The number of anilines is 2. The number of nitrogens with one attached hydrogen (secondary N) is 1. The van der Waals surface area contributed by atoms with Crippen molar-refractivity contribution >= 4 is 27.3 Å². The fourth-order valence-electron chi connectivity index (χ4n) is 3.22. The number of carbonyl (C=O) groups excluding carboxylic acids is 1. The molecule has 0 spiro atoms. The van der Waals surface area contributed by atoms with Crippen molar-refractivity contribution < 1.29 is 13.2 Å². The minimum Gasteiger partial charge on any atom is -0.312 e. The molecule has 0 saturated carbocycles. The van der Waals surface area contributed by atoms with Crippen molar-refractivity contribution in [2.75, 3.05) is 16.2 Å². The van der Waals surface area contributed by atoms with Crippen LogP contribution in [0.1, 0.15) is 44.2 Å². The minimum absolute atomic E-state index is 0.0232. The zero-order valence-electron chi connectivity index (χ0n) is 15.3. The van der Waals surface area contributed by atoms with E-state index in [9.17, 15) is 13.2 Å². The van der Waals surface area contributed by atoms with Crippen LogP contribution in [-0.4, -0.2) is 20.9 Å². The Hall–Kier alpha value is -2.34. The highest BCUT2D eigenvalue weighted by Gasteiger charge is 2.23. The Balaban J connectivity index is 1.87. The van der Waals surface area contributed by atoms with Crippen molar-refractivity contribution in [3.8, 4) is 0 Å². The van der Waals surface area contributed by atoms with Gasteiger partial charge in [0.25, 0.3) is 10.0 Å². The summed E-state index contributed by atoms with van der Waals surface area (Å²) >= 11 is 0. The Morgan fingerprint density at radius 1 is 1.12 bits per heavy atom. The fraction of sp³-hybridized carbons (Fsp3) is 0.350. The van der Waals surface area contributed by atoms with Crippen molar-refractivity contribution in [2.24, 2.45) is 0 Å². The summed E-state index contributed by atoms with van der Waals surface area (Å²) in [5.41, 5.74) is 3.40. The molecule has 0 aliphatic carbocycles. The second-order valence-electron chi connectivity index (χ2n) is 6.95. The van der Waals surface area contributed by atoms with Crippen LogP contribution in [0.4, 0.5) is 11.4 Å². The van der Waals surface area contributed by atoms with Gasteiger partial charge in [0.2, 0.25) is 5.91 Å². The van der Waals surface area contributed by atoms with E-state index in [1.165, 1.54) is 6.92 Å². The number of rotatable bonds is 4. The van der Waals surface area contributed by atoms with Gasteiger partial charge in [-0.15, -0.1) is 0 Å². The second kappa shape index (κ2) is 7.11. The molecule has 0 aromatic heterocycles. The molecular weight excluding hydrogens is 348 g/mol. The van der Waals surface area contributed by atoms with Crippen LogP contribution >= 0.6 is 0 Å². The van der Waals surface area contributed by atoms with Gasteiger partial charge in [-0.25, -0.2) is 8.42 Å². The van der Waals surface area contributed by atoms with Gasteiger partial charge in [-0.05, 0) is 60.2 Å². The van der Waals surface area contributed by atoms with Crippen LogP contribution < -0.4 is 9.62 Å². The van der Waals surface area contributed by atoms with Crippen LogP contribution in [0, 0.1) is 0 Å². The van der Waals surface area contributed by atoms with Crippen LogP contribution in [0.15, 0.2) is 47.4 Å². The third kappa shape index (κ3) is 3.75.